The Labute approximate surface area is 141 Å². The monoisotopic (exact) mass is 334 g/mol. The Morgan fingerprint density at radius 3 is 2.67 bits per heavy atom. The van der Waals surface area contributed by atoms with E-state index in [9.17, 15) is 4.79 Å². The summed E-state index contributed by atoms with van der Waals surface area (Å²) in [7, 11) is 0. The molecule has 2 aliphatic heterocycles. The maximum Gasteiger partial charge on any atom is 0.338 e. The number of ether oxygens (including phenoxy) is 5. The molecule has 0 N–H and O–H groups in total. The largest absolute Gasteiger partial charge is 0.459 e. The first-order valence-corrected chi connectivity index (χ1v) is 7.94. The van der Waals surface area contributed by atoms with Crippen LogP contribution in [0.15, 0.2) is 43.0 Å². The second-order valence-corrected chi connectivity index (χ2v) is 6.21. The zero-order chi connectivity index (χ0) is 17.2. The van der Waals surface area contributed by atoms with Crippen molar-refractivity contribution in [3.63, 3.8) is 0 Å². The topological polar surface area (TPSA) is 63.2 Å². The van der Waals surface area contributed by atoms with Gasteiger partial charge >= 0.3 is 5.97 Å². The molecule has 0 bridgehead atoms. The lowest BCUT2D eigenvalue weighted by molar-refractivity contribution is -0.238. The van der Waals surface area contributed by atoms with Crippen LogP contribution >= 0.6 is 0 Å². The van der Waals surface area contributed by atoms with E-state index in [1.165, 1.54) is 6.08 Å². The van der Waals surface area contributed by atoms with E-state index in [-0.39, 0.29) is 6.61 Å². The Morgan fingerprint density at radius 1 is 1.25 bits per heavy atom. The van der Waals surface area contributed by atoms with Gasteiger partial charge in [0.25, 0.3) is 0 Å². The van der Waals surface area contributed by atoms with Crippen LogP contribution in [0.1, 0.15) is 19.4 Å². The highest BCUT2D eigenvalue weighted by Gasteiger charge is 2.58. The molecule has 0 saturated carbocycles. The minimum absolute atomic E-state index is 0.121. The van der Waals surface area contributed by atoms with Gasteiger partial charge in [-0.1, -0.05) is 43.0 Å². The summed E-state index contributed by atoms with van der Waals surface area (Å²) in [6, 6.07) is 9.72. The number of carbonyl (C=O) groups excluding carboxylic acids is 1. The van der Waals surface area contributed by atoms with E-state index in [0.717, 1.165) is 5.56 Å². The van der Waals surface area contributed by atoms with E-state index in [1.54, 1.807) is 13.8 Å². The van der Waals surface area contributed by atoms with Crippen molar-refractivity contribution in [2.75, 3.05) is 6.61 Å². The first-order valence-electron chi connectivity index (χ1n) is 7.94. The standard InChI is InChI=1S/C18H22O6/c1-4-10-20-16(19)14-13-15(24-18(2,3)23-13)17(22-14)21-11-12-8-6-5-7-9-12/h4-9,13-15,17H,1,10-11H2,2-3H3/t13-,14-,15-,17-/m0/s1. The number of fused-ring (bicyclic) bond motifs is 1. The maximum atomic E-state index is 12.2. The molecule has 6 heteroatoms. The molecule has 4 atom stereocenters. The van der Waals surface area contributed by atoms with Crippen LogP contribution < -0.4 is 0 Å². The van der Waals surface area contributed by atoms with E-state index in [4.69, 9.17) is 23.7 Å². The first kappa shape index (κ1) is 17.1. The van der Waals surface area contributed by atoms with E-state index in [2.05, 4.69) is 6.58 Å². The lowest BCUT2D eigenvalue weighted by Gasteiger charge is -2.23. The molecule has 6 nitrogen and oxygen atoms in total. The van der Waals surface area contributed by atoms with E-state index in [1.807, 2.05) is 30.3 Å². The Hall–Kier alpha value is -1.73. The number of benzene rings is 1. The summed E-state index contributed by atoms with van der Waals surface area (Å²) in [5.74, 6) is -1.30. The molecule has 0 spiro atoms. The fourth-order valence-corrected chi connectivity index (χ4v) is 2.86. The molecule has 2 saturated heterocycles. The van der Waals surface area contributed by atoms with Gasteiger partial charge < -0.3 is 23.7 Å². The van der Waals surface area contributed by atoms with Crippen molar-refractivity contribution in [1.82, 2.24) is 0 Å². The van der Waals surface area contributed by atoms with Crippen molar-refractivity contribution in [1.29, 1.82) is 0 Å². The number of carbonyl (C=O) groups is 1. The number of rotatable bonds is 6. The number of hydrogen-bond donors (Lipinski definition) is 0. The summed E-state index contributed by atoms with van der Waals surface area (Å²) in [6.07, 6.45) is -1.11. The molecule has 0 radical (unpaired) electrons. The molecular weight excluding hydrogens is 312 g/mol. The van der Waals surface area contributed by atoms with Crippen LogP contribution in [0, 0.1) is 0 Å². The first-order chi connectivity index (χ1) is 11.5. The highest BCUT2D eigenvalue weighted by molar-refractivity contribution is 5.76. The second kappa shape index (κ2) is 7.03. The van der Waals surface area contributed by atoms with Gasteiger partial charge in [-0.25, -0.2) is 4.79 Å². The molecular formula is C18H22O6. The van der Waals surface area contributed by atoms with Crippen molar-refractivity contribution in [3.05, 3.63) is 48.6 Å². The van der Waals surface area contributed by atoms with Crippen molar-refractivity contribution >= 4 is 5.97 Å². The van der Waals surface area contributed by atoms with Gasteiger partial charge in [0.2, 0.25) is 0 Å². The summed E-state index contributed by atoms with van der Waals surface area (Å²) in [5, 5.41) is 0. The molecule has 0 aromatic heterocycles. The molecule has 2 fully saturated rings. The summed E-state index contributed by atoms with van der Waals surface area (Å²) in [4.78, 5) is 12.2. The predicted octanol–water partition coefficient (Wildman–Crippen LogP) is 2.18. The molecule has 0 amide bonds. The Kier molecular flexibility index (Phi) is 5.01. The summed E-state index contributed by atoms with van der Waals surface area (Å²) < 4.78 is 28.3. The van der Waals surface area contributed by atoms with Crippen LogP contribution in [-0.2, 0) is 35.1 Å². The predicted molar refractivity (Wildman–Crippen MR) is 84.9 cm³/mol. The zero-order valence-corrected chi connectivity index (χ0v) is 13.8. The third-order valence-corrected chi connectivity index (χ3v) is 3.84. The molecule has 2 aliphatic rings. The van der Waals surface area contributed by atoms with Crippen molar-refractivity contribution in [2.24, 2.45) is 0 Å². The maximum absolute atomic E-state index is 12.2. The van der Waals surface area contributed by atoms with E-state index < -0.39 is 36.4 Å². The molecule has 130 valence electrons. The van der Waals surface area contributed by atoms with Gasteiger partial charge in [-0.2, -0.15) is 0 Å². The van der Waals surface area contributed by atoms with Gasteiger partial charge in [-0.15, -0.1) is 0 Å². The van der Waals surface area contributed by atoms with Gasteiger partial charge in [0.05, 0.1) is 6.61 Å². The number of hydrogen-bond acceptors (Lipinski definition) is 6. The van der Waals surface area contributed by atoms with Gasteiger partial charge in [0.1, 0.15) is 18.8 Å². The molecule has 2 heterocycles. The number of esters is 1. The van der Waals surface area contributed by atoms with Crippen LogP contribution in [-0.4, -0.2) is 43.0 Å². The molecule has 0 unspecified atom stereocenters. The minimum atomic E-state index is -0.877. The Bertz CT molecular complexity index is 584. The summed E-state index contributed by atoms with van der Waals surface area (Å²) in [5.41, 5.74) is 1.01. The molecule has 1 aromatic rings. The Morgan fingerprint density at radius 2 is 1.96 bits per heavy atom. The average molecular weight is 334 g/mol. The molecule has 24 heavy (non-hydrogen) atoms. The van der Waals surface area contributed by atoms with Crippen molar-refractivity contribution in [2.45, 2.75) is 50.8 Å². The second-order valence-electron chi connectivity index (χ2n) is 6.21. The van der Waals surface area contributed by atoms with Crippen LogP contribution in [0.2, 0.25) is 0 Å². The minimum Gasteiger partial charge on any atom is -0.459 e. The van der Waals surface area contributed by atoms with Gasteiger partial charge in [0.15, 0.2) is 18.2 Å². The lowest BCUT2D eigenvalue weighted by atomic mass is 10.1. The third kappa shape index (κ3) is 3.67. The molecule has 1 aromatic carbocycles. The summed E-state index contributed by atoms with van der Waals surface area (Å²) >= 11 is 0. The van der Waals surface area contributed by atoms with E-state index >= 15 is 0 Å². The lowest BCUT2D eigenvalue weighted by Crippen LogP contribution is -2.36. The zero-order valence-electron chi connectivity index (χ0n) is 13.8. The third-order valence-electron chi connectivity index (χ3n) is 3.84. The molecule has 3 rings (SSSR count). The normalized spacial score (nSPS) is 30.8. The fourth-order valence-electron chi connectivity index (χ4n) is 2.86. The Balaban J connectivity index is 1.68. The van der Waals surface area contributed by atoms with Crippen LogP contribution in [0.25, 0.3) is 0 Å². The average Bonchev–Trinajstić information content (AvgIpc) is 3.05. The van der Waals surface area contributed by atoms with Gasteiger partial charge in [0, 0.05) is 0 Å². The smallest absolute Gasteiger partial charge is 0.338 e. The fraction of sp³-hybridized carbons (Fsp3) is 0.500. The van der Waals surface area contributed by atoms with Crippen LogP contribution in [0.3, 0.4) is 0 Å². The van der Waals surface area contributed by atoms with Gasteiger partial charge in [-0.05, 0) is 19.4 Å². The van der Waals surface area contributed by atoms with Crippen molar-refractivity contribution < 1.29 is 28.5 Å². The summed E-state index contributed by atoms with van der Waals surface area (Å²) in [6.45, 7) is 7.60. The molecule has 0 aliphatic carbocycles. The quantitative estimate of drug-likeness (QED) is 0.587. The van der Waals surface area contributed by atoms with E-state index in [0.29, 0.717) is 6.61 Å². The van der Waals surface area contributed by atoms with Crippen molar-refractivity contribution in [3.8, 4) is 0 Å². The van der Waals surface area contributed by atoms with Crippen LogP contribution in [0.5, 0.6) is 0 Å². The highest BCUT2D eigenvalue weighted by atomic mass is 16.8. The highest BCUT2D eigenvalue weighted by Crippen LogP contribution is 2.39. The SMILES string of the molecule is C=CCOC(=O)[C@H]1O[C@H](OCc2ccccc2)[C@H]2OC(C)(C)O[C@H]21. The van der Waals surface area contributed by atoms with Gasteiger partial charge in [-0.3, -0.25) is 0 Å². The van der Waals surface area contributed by atoms with Crippen LogP contribution in [0.4, 0.5) is 0 Å².